The van der Waals surface area contributed by atoms with Gasteiger partial charge in [-0.3, -0.25) is 4.79 Å². The molecule has 0 aliphatic rings. The maximum absolute atomic E-state index is 12.0. The first-order valence-electron chi connectivity index (χ1n) is 7.80. The van der Waals surface area contributed by atoms with Gasteiger partial charge in [-0.2, -0.15) is 0 Å². The fraction of sp³-hybridized carbons (Fsp3) is 0.235. The highest BCUT2D eigenvalue weighted by Gasteiger charge is 2.22. The molecule has 0 atom stereocenters. The van der Waals surface area contributed by atoms with E-state index in [1.807, 2.05) is 13.0 Å². The standard InChI is InChI=1S/C17H21N3O4S/c1-2-3-9-20-14-10-12(17(18)21)11-15(25(19,22)23)16(14)24-13-7-5-4-6-8-13/h4-8,10-11,20H,2-3,9H2,1H3,(H2,18,21)(H2,19,22,23). The van der Waals surface area contributed by atoms with Gasteiger partial charge in [0, 0.05) is 12.1 Å². The van der Waals surface area contributed by atoms with Gasteiger partial charge in [-0.1, -0.05) is 31.5 Å². The molecule has 0 heterocycles. The zero-order valence-corrected chi connectivity index (χ0v) is 14.7. The maximum Gasteiger partial charge on any atom is 0.248 e. The molecule has 0 saturated carbocycles. The number of para-hydroxylation sites is 1. The highest BCUT2D eigenvalue weighted by molar-refractivity contribution is 7.89. The lowest BCUT2D eigenvalue weighted by Crippen LogP contribution is -2.18. The molecule has 2 aromatic rings. The van der Waals surface area contributed by atoms with Crippen molar-refractivity contribution < 1.29 is 17.9 Å². The number of primary amides is 1. The largest absolute Gasteiger partial charge is 0.454 e. The number of sulfonamides is 1. The topological polar surface area (TPSA) is 125 Å². The summed E-state index contributed by atoms with van der Waals surface area (Å²) in [4.78, 5) is 11.3. The molecule has 1 amide bonds. The van der Waals surface area contributed by atoms with Crippen molar-refractivity contribution in [2.24, 2.45) is 10.9 Å². The van der Waals surface area contributed by atoms with Gasteiger partial charge >= 0.3 is 0 Å². The first-order chi connectivity index (χ1) is 11.8. The molecule has 2 aromatic carbocycles. The molecule has 0 radical (unpaired) electrons. The molecule has 0 aliphatic heterocycles. The molecule has 0 fully saturated rings. The van der Waals surface area contributed by atoms with Crippen LogP contribution in [0.15, 0.2) is 47.4 Å². The molecular formula is C17H21N3O4S. The summed E-state index contributed by atoms with van der Waals surface area (Å²) in [5.41, 5.74) is 5.69. The van der Waals surface area contributed by atoms with E-state index < -0.39 is 15.9 Å². The van der Waals surface area contributed by atoms with Gasteiger partial charge in [0.05, 0.1) is 5.69 Å². The third kappa shape index (κ3) is 4.94. The Morgan fingerprint density at radius 2 is 1.88 bits per heavy atom. The second-order valence-corrected chi connectivity index (χ2v) is 6.99. The van der Waals surface area contributed by atoms with Crippen LogP contribution in [0.1, 0.15) is 30.1 Å². The number of hydrogen-bond acceptors (Lipinski definition) is 5. The zero-order chi connectivity index (χ0) is 18.4. The van der Waals surface area contributed by atoms with Crippen molar-refractivity contribution in [2.45, 2.75) is 24.7 Å². The summed E-state index contributed by atoms with van der Waals surface area (Å²) >= 11 is 0. The SMILES string of the molecule is CCCCNc1cc(C(N)=O)cc(S(N)(=O)=O)c1Oc1ccccc1. The van der Waals surface area contributed by atoms with Gasteiger partial charge in [-0.15, -0.1) is 0 Å². The van der Waals surface area contributed by atoms with Crippen LogP contribution in [0.4, 0.5) is 5.69 Å². The molecule has 134 valence electrons. The lowest BCUT2D eigenvalue weighted by molar-refractivity contribution is 0.1000. The minimum absolute atomic E-state index is 0.0310. The maximum atomic E-state index is 12.0. The molecule has 2 rings (SSSR count). The van der Waals surface area contributed by atoms with E-state index in [2.05, 4.69) is 5.32 Å². The molecule has 0 spiro atoms. The Bertz CT molecular complexity index is 852. The summed E-state index contributed by atoms with van der Waals surface area (Å²) in [5.74, 6) is -0.276. The van der Waals surface area contributed by atoms with Crippen LogP contribution in [0.5, 0.6) is 11.5 Å². The van der Waals surface area contributed by atoms with E-state index in [-0.39, 0.29) is 16.2 Å². The Labute approximate surface area is 147 Å². The number of anilines is 1. The van der Waals surface area contributed by atoms with Crippen LogP contribution in [0, 0.1) is 0 Å². The lowest BCUT2D eigenvalue weighted by atomic mass is 10.1. The van der Waals surface area contributed by atoms with Gasteiger partial charge in [0.1, 0.15) is 10.6 Å². The molecule has 0 bridgehead atoms. The van der Waals surface area contributed by atoms with Gasteiger partial charge in [0.15, 0.2) is 5.75 Å². The van der Waals surface area contributed by atoms with Gasteiger partial charge in [0.2, 0.25) is 15.9 Å². The summed E-state index contributed by atoms with van der Waals surface area (Å²) in [5, 5.41) is 8.41. The summed E-state index contributed by atoms with van der Waals surface area (Å²) in [6, 6.07) is 11.3. The normalized spacial score (nSPS) is 11.1. The van der Waals surface area contributed by atoms with E-state index >= 15 is 0 Å². The molecule has 0 aromatic heterocycles. The molecule has 5 N–H and O–H groups in total. The fourth-order valence-corrected chi connectivity index (χ4v) is 2.90. The number of hydrogen-bond donors (Lipinski definition) is 3. The van der Waals surface area contributed by atoms with Crippen LogP contribution in [0.3, 0.4) is 0 Å². The Kier molecular flexibility index (Phi) is 6.00. The van der Waals surface area contributed by atoms with E-state index in [0.717, 1.165) is 18.9 Å². The Balaban J connectivity index is 2.59. The molecule has 25 heavy (non-hydrogen) atoms. The number of carbonyl (C=O) groups is 1. The number of unbranched alkanes of at least 4 members (excludes halogenated alkanes) is 1. The number of primary sulfonamides is 1. The second kappa shape index (κ2) is 8.00. The molecular weight excluding hydrogens is 342 g/mol. The van der Waals surface area contributed by atoms with Crippen molar-refractivity contribution >= 4 is 21.6 Å². The van der Waals surface area contributed by atoms with Crippen LogP contribution in [-0.2, 0) is 10.0 Å². The van der Waals surface area contributed by atoms with Crippen LogP contribution in [-0.4, -0.2) is 20.9 Å². The van der Waals surface area contributed by atoms with Crippen molar-refractivity contribution in [3.05, 3.63) is 48.0 Å². The molecule has 7 nitrogen and oxygen atoms in total. The van der Waals surface area contributed by atoms with Crippen molar-refractivity contribution in [2.75, 3.05) is 11.9 Å². The van der Waals surface area contributed by atoms with E-state index in [1.54, 1.807) is 24.3 Å². The molecule has 0 unspecified atom stereocenters. The fourth-order valence-electron chi connectivity index (χ4n) is 2.20. The van der Waals surface area contributed by atoms with Gasteiger partial charge in [-0.05, 0) is 30.7 Å². The smallest absolute Gasteiger partial charge is 0.248 e. The van der Waals surface area contributed by atoms with Crippen molar-refractivity contribution in [1.29, 1.82) is 0 Å². The highest BCUT2D eigenvalue weighted by Crippen LogP contribution is 2.37. The first kappa shape index (κ1) is 18.8. The van der Waals surface area contributed by atoms with E-state index in [0.29, 0.717) is 18.0 Å². The van der Waals surface area contributed by atoms with Gasteiger partial charge in [0.25, 0.3) is 0 Å². The Morgan fingerprint density at radius 1 is 1.20 bits per heavy atom. The third-order valence-corrected chi connectivity index (χ3v) is 4.37. The van der Waals surface area contributed by atoms with E-state index in [4.69, 9.17) is 15.6 Å². The van der Waals surface area contributed by atoms with Crippen LogP contribution >= 0.6 is 0 Å². The predicted molar refractivity (Wildman–Crippen MR) is 96.2 cm³/mol. The molecule has 0 saturated heterocycles. The summed E-state index contributed by atoms with van der Waals surface area (Å²) < 4.78 is 29.8. The Morgan fingerprint density at radius 3 is 2.44 bits per heavy atom. The zero-order valence-electron chi connectivity index (χ0n) is 13.9. The number of amides is 1. The second-order valence-electron chi connectivity index (χ2n) is 5.46. The number of carbonyl (C=O) groups excluding carboxylic acids is 1. The molecule has 8 heteroatoms. The van der Waals surface area contributed by atoms with E-state index in [1.165, 1.54) is 6.07 Å². The number of rotatable bonds is 8. The highest BCUT2D eigenvalue weighted by atomic mass is 32.2. The lowest BCUT2D eigenvalue weighted by Gasteiger charge is -2.17. The first-order valence-corrected chi connectivity index (χ1v) is 9.35. The minimum Gasteiger partial charge on any atom is -0.454 e. The predicted octanol–water partition coefficient (Wildman–Crippen LogP) is 2.44. The van der Waals surface area contributed by atoms with Gasteiger partial charge in [-0.25, -0.2) is 13.6 Å². The van der Waals surface area contributed by atoms with E-state index in [9.17, 15) is 13.2 Å². The van der Waals surface area contributed by atoms with Gasteiger partial charge < -0.3 is 15.8 Å². The average Bonchev–Trinajstić information content (AvgIpc) is 2.56. The Hall–Kier alpha value is -2.58. The quantitative estimate of drug-likeness (QED) is 0.621. The molecule has 0 aliphatic carbocycles. The monoisotopic (exact) mass is 363 g/mol. The average molecular weight is 363 g/mol. The number of nitrogens with one attached hydrogen (secondary N) is 1. The van der Waals surface area contributed by atoms with Crippen molar-refractivity contribution in [3.63, 3.8) is 0 Å². The number of nitrogens with two attached hydrogens (primary N) is 2. The van der Waals surface area contributed by atoms with Crippen molar-refractivity contribution in [3.8, 4) is 11.5 Å². The minimum atomic E-state index is -4.14. The van der Waals surface area contributed by atoms with Crippen LogP contribution in [0.2, 0.25) is 0 Å². The summed E-state index contributed by atoms with van der Waals surface area (Å²) in [7, 11) is -4.14. The van der Waals surface area contributed by atoms with Crippen LogP contribution < -0.4 is 20.9 Å². The summed E-state index contributed by atoms with van der Waals surface area (Å²) in [6.07, 6.45) is 1.80. The summed E-state index contributed by atoms with van der Waals surface area (Å²) in [6.45, 7) is 2.60. The number of ether oxygens (including phenoxy) is 1. The van der Waals surface area contributed by atoms with Crippen molar-refractivity contribution in [1.82, 2.24) is 0 Å². The number of benzene rings is 2. The van der Waals surface area contributed by atoms with Crippen LogP contribution in [0.25, 0.3) is 0 Å². The third-order valence-electron chi connectivity index (χ3n) is 3.45.